The lowest BCUT2D eigenvalue weighted by Gasteiger charge is -2.16. The molecule has 0 aliphatic heterocycles. The molecule has 0 bridgehead atoms. The molecule has 0 aliphatic rings. The monoisotopic (exact) mass is 226 g/mol. The molecule has 0 spiro atoms. The Kier molecular flexibility index (Phi) is 5.25. The van der Waals surface area contributed by atoms with Gasteiger partial charge in [-0.25, -0.2) is 0 Å². The Hall–Kier alpha value is -1.10. The van der Waals surface area contributed by atoms with Crippen molar-refractivity contribution >= 4 is 0 Å². The fourth-order valence-corrected chi connectivity index (χ4v) is 1.33. The zero-order valence-electron chi connectivity index (χ0n) is 9.34. The number of hydrogen-bond acceptors (Lipinski definition) is 4. The van der Waals surface area contributed by atoms with Crippen molar-refractivity contribution in [3.8, 4) is 5.75 Å². The van der Waals surface area contributed by atoms with Crippen LogP contribution in [-0.4, -0.2) is 34.6 Å². The molecule has 4 nitrogen and oxygen atoms in total. The van der Waals surface area contributed by atoms with Gasteiger partial charge in [-0.15, -0.1) is 0 Å². The lowest BCUT2D eigenvalue weighted by Crippen LogP contribution is -2.22. The van der Waals surface area contributed by atoms with Crippen LogP contribution in [0.15, 0.2) is 24.3 Å². The summed E-state index contributed by atoms with van der Waals surface area (Å²) >= 11 is 0. The van der Waals surface area contributed by atoms with Crippen LogP contribution in [0, 0.1) is 0 Å². The summed E-state index contributed by atoms with van der Waals surface area (Å²) in [5, 5.41) is 27.7. The SMILES string of the molecule is CCCOc1cccc(C(O)C(O)CO)c1. The summed E-state index contributed by atoms with van der Waals surface area (Å²) in [6.07, 6.45) is -1.34. The van der Waals surface area contributed by atoms with E-state index in [1.54, 1.807) is 24.3 Å². The summed E-state index contributed by atoms with van der Waals surface area (Å²) in [6.45, 7) is 2.15. The van der Waals surface area contributed by atoms with E-state index in [4.69, 9.17) is 9.84 Å². The van der Waals surface area contributed by atoms with Crippen molar-refractivity contribution in [1.29, 1.82) is 0 Å². The summed E-state index contributed by atoms with van der Waals surface area (Å²) < 4.78 is 5.40. The molecule has 3 N–H and O–H groups in total. The van der Waals surface area contributed by atoms with Gasteiger partial charge in [0, 0.05) is 0 Å². The van der Waals surface area contributed by atoms with Crippen LogP contribution in [0.25, 0.3) is 0 Å². The van der Waals surface area contributed by atoms with Crippen LogP contribution in [0.3, 0.4) is 0 Å². The molecule has 0 saturated heterocycles. The molecule has 0 aromatic heterocycles. The lowest BCUT2D eigenvalue weighted by molar-refractivity contribution is -0.0153. The van der Waals surface area contributed by atoms with E-state index in [0.29, 0.717) is 17.9 Å². The molecule has 16 heavy (non-hydrogen) atoms. The lowest BCUT2D eigenvalue weighted by atomic mass is 10.0. The highest BCUT2D eigenvalue weighted by atomic mass is 16.5. The largest absolute Gasteiger partial charge is 0.494 e. The average Bonchev–Trinajstić information content (AvgIpc) is 2.34. The first kappa shape index (κ1) is 13.0. The van der Waals surface area contributed by atoms with E-state index in [0.717, 1.165) is 6.42 Å². The molecular weight excluding hydrogens is 208 g/mol. The summed E-state index contributed by atoms with van der Waals surface area (Å²) in [6, 6.07) is 6.88. The summed E-state index contributed by atoms with van der Waals surface area (Å²) in [4.78, 5) is 0. The van der Waals surface area contributed by atoms with Crippen molar-refractivity contribution in [2.75, 3.05) is 13.2 Å². The fraction of sp³-hybridized carbons (Fsp3) is 0.500. The first-order valence-corrected chi connectivity index (χ1v) is 5.38. The van der Waals surface area contributed by atoms with Gasteiger partial charge >= 0.3 is 0 Å². The molecule has 1 aromatic rings. The minimum absolute atomic E-state index is 0.471. The number of hydrogen-bond donors (Lipinski definition) is 3. The van der Waals surface area contributed by atoms with E-state index in [2.05, 4.69) is 0 Å². The first-order valence-electron chi connectivity index (χ1n) is 5.38. The zero-order valence-corrected chi connectivity index (χ0v) is 9.34. The Morgan fingerprint density at radius 3 is 2.69 bits per heavy atom. The van der Waals surface area contributed by atoms with Gasteiger partial charge in [-0.3, -0.25) is 0 Å². The molecule has 0 radical (unpaired) electrons. The predicted octanol–water partition coefficient (Wildman–Crippen LogP) is 0.862. The number of ether oxygens (including phenoxy) is 1. The normalized spacial score (nSPS) is 14.5. The van der Waals surface area contributed by atoms with Crippen LogP contribution < -0.4 is 4.74 Å². The highest BCUT2D eigenvalue weighted by Gasteiger charge is 2.17. The van der Waals surface area contributed by atoms with Crippen LogP contribution in [-0.2, 0) is 0 Å². The quantitative estimate of drug-likeness (QED) is 0.673. The van der Waals surface area contributed by atoms with E-state index in [1.807, 2.05) is 6.92 Å². The molecule has 4 heteroatoms. The Morgan fingerprint density at radius 1 is 1.31 bits per heavy atom. The molecule has 0 aliphatic carbocycles. The van der Waals surface area contributed by atoms with Crippen LogP contribution in [0.5, 0.6) is 5.75 Å². The minimum atomic E-state index is -1.17. The van der Waals surface area contributed by atoms with E-state index in [-0.39, 0.29) is 0 Å². The molecule has 0 amide bonds. The van der Waals surface area contributed by atoms with Crippen LogP contribution in [0.1, 0.15) is 25.0 Å². The zero-order chi connectivity index (χ0) is 12.0. The first-order chi connectivity index (χ1) is 7.69. The Morgan fingerprint density at radius 2 is 2.06 bits per heavy atom. The molecule has 0 saturated carbocycles. The standard InChI is InChI=1S/C12H18O4/c1-2-6-16-10-5-3-4-9(7-10)12(15)11(14)8-13/h3-5,7,11-15H,2,6,8H2,1H3. The van der Waals surface area contributed by atoms with Crippen molar-refractivity contribution in [3.05, 3.63) is 29.8 Å². The Balaban J connectivity index is 2.73. The van der Waals surface area contributed by atoms with Crippen LogP contribution in [0.2, 0.25) is 0 Å². The number of aliphatic hydroxyl groups excluding tert-OH is 3. The average molecular weight is 226 g/mol. The van der Waals surface area contributed by atoms with E-state index >= 15 is 0 Å². The highest BCUT2D eigenvalue weighted by Crippen LogP contribution is 2.21. The van der Waals surface area contributed by atoms with Crippen LogP contribution >= 0.6 is 0 Å². The summed E-state index contributed by atoms with van der Waals surface area (Å²) in [7, 11) is 0. The Bertz CT molecular complexity index is 314. The van der Waals surface area contributed by atoms with Gasteiger partial charge < -0.3 is 20.1 Å². The minimum Gasteiger partial charge on any atom is -0.494 e. The molecular formula is C12H18O4. The van der Waals surface area contributed by atoms with Gasteiger partial charge in [0.25, 0.3) is 0 Å². The molecule has 90 valence electrons. The van der Waals surface area contributed by atoms with Crippen molar-refractivity contribution in [2.24, 2.45) is 0 Å². The number of rotatable bonds is 6. The fourth-order valence-electron chi connectivity index (χ4n) is 1.33. The second-order valence-corrected chi connectivity index (χ2v) is 3.62. The maximum atomic E-state index is 9.67. The van der Waals surface area contributed by atoms with Gasteiger partial charge in [0.15, 0.2) is 0 Å². The predicted molar refractivity (Wildman–Crippen MR) is 60.3 cm³/mol. The van der Waals surface area contributed by atoms with Gasteiger partial charge in [0.2, 0.25) is 0 Å². The Labute approximate surface area is 95.1 Å². The van der Waals surface area contributed by atoms with Crippen molar-refractivity contribution in [3.63, 3.8) is 0 Å². The van der Waals surface area contributed by atoms with Crippen molar-refractivity contribution in [2.45, 2.75) is 25.6 Å². The van der Waals surface area contributed by atoms with E-state index in [9.17, 15) is 10.2 Å². The van der Waals surface area contributed by atoms with Crippen molar-refractivity contribution < 1.29 is 20.1 Å². The summed E-state index contributed by atoms with van der Waals surface area (Å²) in [5.74, 6) is 0.656. The third kappa shape index (κ3) is 3.48. The van der Waals surface area contributed by atoms with E-state index in [1.165, 1.54) is 0 Å². The maximum Gasteiger partial charge on any atom is 0.119 e. The molecule has 2 unspecified atom stereocenters. The molecule has 2 atom stereocenters. The molecule has 1 aromatic carbocycles. The summed E-state index contributed by atoms with van der Waals surface area (Å²) in [5.41, 5.74) is 0.537. The molecule has 1 rings (SSSR count). The smallest absolute Gasteiger partial charge is 0.119 e. The molecule has 0 heterocycles. The van der Waals surface area contributed by atoms with Gasteiger partial charge in [0.1, 0.15) is 18.0 Å². The third-order valence-corrected chi connectivity index (χ3v) is 2.22. The third-order valence-electron chi connectivity index (χ3n) is 2.22. The number of aliphatic hydroxyl groups is 3. The van der Waals surface area contributed by atoms with Crippen molar-refractivity contribution in [1.82, 2.24) is 0 Å². The van der Waals surface area contributed by atoms with E-state index < -0.39 is 18.8 Å². The second kappa shape index (κ2) is 6.48. The number of benzene rings is 1. The highest BCUT2D eigenvalue weighted by molar-refractivity contribution is 5.30. The van der Waals surface area contributed by atoms with Gasteiger partial charge in [-0.05, 0) is 24.1 Å². The molecule has 0 fully saturated rings. The van der Waals surface area contributed by atoms with Gasteiger partial charge in [-0.2, -0.15) is 0 Å². The maximum absolute atomic E-state index is 9.67. The van der Waals surface area contributed by atoms with Gasteiger partial charge in [-0.1, -0.05) is 19.1 Å². The van der Waals surface area contributed by atoms with Crippen LogP contribution in [0.4, 0.5) is 0 Å². The second-order valence-electron chi connectivity index (χ2n) is 3.62. The topological polar surface area (TPSA) is 69.9 Å². The van der Waals surface area contributed by atoms with Gasteiger partial charge in [0.05, 0.1) is 13.2 Å².